The molecule has 0 unspecified atom stereocenters. The lowest BCUT2D eigenvalue weighted by Gasteiger charge is -2.38. The summed E-state index contributed by atoms with van der Waals surface area (Å²) in [5.41, 5.74) is 0. The SMILES string of the molecule is O=C(NCCCCCCNC(=O)C(F)(F)C(F)(F)C(F)(F)C(F)(F)C(F)(F)C(F)F)C(F)(F)C(F)(F)C(F)(F)C(F)(F)C(F)(F)C(F)F. The largest absolute Gasteiger partial charge is 0.392 e. The molecule has 0 radical (unpaired) electrons. The van der Waals surface area contributed by atoms with Crippen LogP contribution in [0, 0.1) is 0 Å². The first-order chi connectivity index (χ1) is 20.9. The van der Waals surface area contributed by atoms with Crippen molar-refractivity contribution in [2.45, 2.75) is 97.8 Å². The van der Waals surface area contributed by atoms with Crippen LogP contribution in [-0.2, 0) is 9.59 Å². The highest BCUT2D eigenvalue weighted by Crippen LogP contribution is 2.59. The van der Waals surface area contributed by atoms with Crippen LogP contribution >= 0.6 is 0 Å². The summed E-state index contributed by atoms with van der Waals surface area (Å²) < 4.78 is 314. The fourth-order valence-electron chi connectivity index (χ4n) is 3.00. The molecular weight excluding hydrogens is 756 g/mol. The minimum Gasteiger partial charge on any atom is -0.351 e. The zero-order chi connectivity index (χ0) is 39.0. The second kappa shape index (κ2) is 13.9. The molecule has 0 aromatic carbocycles. The summed E-state index contributed by atoms with van der Waals surface area (Å²) in [5, 5.41) is 1.47. The number of hydrogen-bond donors (Lipinski definition) is 2. The number of halogens is 24. The molecule has 2 amide bonds. The van der Waals surface area contributed by atoms with E-state index in [1.165, 1.54) is 0 Å². The summed E-state index contributed by atoms with van der Waals surface area (Å²) in [6.45, 7) is -2.63. The zero-order valence-electron chi connectivity index (χ0n) is 22.3. The summed E-state index contributed by atoms with van der Waals surface area (Å²) >= 11 is 0. The average molecular weight is 772 g/mol. The second-order valence-corrected chi connectivity index (χ2v) is 9.37. The molecule has 4 nitrogen and oxygen atoms in total. The van der Waals surface area contributed by atoms with Gasteiger partial charge in [0.2, 0.25) is 0 Å². The maximum absolute atomic E-state index is 13.7. The fourth-order valence-corrected chi connectivity index (χ4v) is 3.00. The summed E-state index contributed by atoms with van der Waals surface area (Å²) in [7, 11) is 0. The first-order valence-corrected chi connectivity index (χ1v) is 11.8. The minimum absolute atomic E-state index is 0.563. The Morgan fingerprint density at radius 3 is 0.812 bits per heavy atom. The molecule has 0 saturated heterocycles. The Labute approximate surface area is 249 Å². The van der Waals surface area contributed by atoms with Gasteiger partial charge in [0.1, 0.15) is 0 Å². The van der Waals surface area contributed by atoms with Crippen molar-refractivity contribution in [2.75, 3.05) is 13.1 Å². The van der Waals surface area contributed by atoms with Gasteiger partial charge >= 0.3 is 72.1 Å². The maximum Gasteiger partial charge on any atom is 0.392 e. The van der Waals surface area contributed by atoms with Crippen LogP contribution in [0.25, 0.3) is 0 Å². The summed E-state index contributed by atoms with van der Waals surface area (Å²) in [5.74, 6) is -83.0. The van der Waals surface area contributed by atoms with E-state index in [-0.39, 0.29) is 0 Å². The molecule has 0 aliphatic carbocycles. The third-order valence-electron chi connectivity index (χ3n) is 6.00. The van der Waals surface area contributed by atoms with Crippen molar-refractivity contribution >= 4 is 11.8 Å². The van der Waals surface area contributed by atoms with Crippen LogP contribution in [-0.4, -0.2) is 97.0 Å². The lowest BCUT2D eigenvalue weighted by Crippen LogP contribution is -2.70. The molecule has 0 aliphatic rings. The molecule has 2 N–H and O–H groups in total. The summed E-state index contributed by atoms with van der Waals surface area (Å²) in [4.78, 5) is 22.5. The molecular formula is C20H16F24N2O2. The van der Waals surface area contributed by atoms with E-state index in [1.54, 1.807) is 0 Å². The molecule has 0 aliphatic heterocycles. The molecule has 0 fully saturated rings. The lowest BCUT2D eigenvalue weighted by atomic mass is 9.94. The Balaban J connectivity index is 5.22. The van der Waals surface area contributed by atoms with Crippen molar-refractivity contribution in [3.05, 3.63) is 0 Å². The van der Waals surface area contributed by atoms with Gasteiger partial charge in [0.15, 0.2) is 0 Å². The predicted octanol–water partition coefficient (Wildman–Crippen LogP) is 7.66. The van der Waals surface area contributed by atoms with Gasteiger partial charge in [-0.2, -0.15) is 87.8 Å². The highest BCUT2D eigenvalue weighted by molar-refractivity contribution is 5.85. The van der Waals surface area contributed by atoms with Crippen LogP contribution < -0.4 is 10.6 Å². The molecule has 48 heavy (non-hydrogen) atoms. The highest BCUT2D eigenvalue weighted by atomic mass is 19.4. The molecule has 0 rings (SSSR count). The van der Waals surface area contributed by atoms with Crippen LogP contribution in [0.2, 0.25) is 0 Å². The van der Waals surface area contributed by atoms with Gasteiger partial charge in [0, 0.05) is 13.1 Å². The Bertz CT molecular complexity index is 1030. The van der Waals surface area contributed by atoms with E-state index in [9.17, 15) is 115 Å². The normalized spacial score (nSPS) is 15.3. The van der Waals surface area contributed by atoms with Gasteiger partial charge in [0.25, 0.3) is 11.8 Å². The van der Waals surface area contributed by atoms with E-state index in [2.05, 4.69) is 0 Å². The minimum atomic E-state index is -8.00. The van der Waals surface area contributed by atoms with E-state index >= 15 is 0 Å². The van der Waals surface area contributed by atoms with Crippen molar-refractivity contribution in [1.29, 1.82) is 0 Å². The smallest absolute Gasteiger partial charge is 0.351 e. The molecule has 0 heterocycles. The Hall–Kier alpha value is -2.74. The topological polar surface area (TPSA) is 58.2 Å². The molecule has 0 aromatic rings. The van der Waals surface area contributed by atoms with Gasteiger partial charge in [-0.1, -0.05) is 12.8 Å². The van der Waals surface area contributed by atoms with Crippen LogP contribution in [0.5, 0.6) is 0 Å². The third-order valence-corrected chi connectivity index (χ3v) is 6.00. The first kappa shape index (κ1) is 45.3. The molecule has 0 bridgehead atoms. The van der Waals surface area contributed by atoms with Crippen molar-refractivity contribution < 1.29 is 115 Å². The van der Waals surface area contributed by atoms with Gasteiger partial charge < -0.3 is 10.6 Å². The number of carbonyl (C=O) groups is 2. The molecule has 0 saturated carbocycles. The molecule has 0 aromatic heterocycles. The maximum atomic E-state index is 13.7. The van der Waals surface area contributed by atoms with E-state index in [0.717, 1.165) is 10.6 Å². The number of unbranched alkanes of at least 4 members (excludes halogenated alkanes) is 3. The van der Waals surface area contributed by atoms with Crippen LogP contribution in [0.15, 0.2) is 0 Å². The number of rotatable bonds is 19. The Kier molecular flexibility index (Phi) is 13.1. The van der Waals surface area contributed by atoms with Crippen LogP contribution in [0.3, 0.4) is 0 Å². The molecule has 28 heteroatoms. The van der Waals surface area contributed by atoms with E-state index in [1.807, 2.05) is 0 Å². The Morgan fingerprint density at radius 1 is 0.375 bits per heavy atom. The van der Waals surface area contributed by atoms with Gasteiger partial charge in [-0.15, -0.1) is 0 Å². The van der Waals surface area contributed by atoms with Crippen molar-refractivity contribution in [3.8, 4) is 0 Å². The standard InChI is InChI=1S/C20H16F24N2O2/c21-7(22)11(25,26)15(33,34)19(41,42)17(37,38)13(29,30)9(47)45-5-3-1-2-4-6-46-10(48)14(31,32)18(39,40)20(43,44)16(35,36)12(27,28)8(23)24/h7-8H,1-6H2,(H,45,47)(H,46,48). The number of alkyl halides is 24. The first-order valence-electron chi connectivity index (χ1n) is 11.8. The van der Waals surface area contributed by atoms with Gasteiger partial charge in [-0.3, -0.25) is 9.59 Å². The van der Waals surface area contributed by atoms with Crippen LogP contribution in [0.1, 0.15) is 25.7 Å². The Morgan fingerprint density at radius 2 is 0.604 bits per heavy atom. The van der Waals surface area contributed by atoms with E-state index < -0.39 is 123 Å². The fraction of sp³-hybridized carbons (Fsp3) is 0.900. The third kappa shape index (κ3) is 7.11. The van der Waals surface area contributed by atoms with E-state index in [0.29, 0.717) is 0 Å². The number of amides is 2. The zero-order valence-corrected chi connectivity index (χ0v) is 22.3. The van der Waals surface area contributed by atoms with Crippen molar-refractivity contribution in [3.63, 3.8) is 0 Å². The predicted molar refractivity (Wildman–Crippen MR) is 106 cm³/mol. The highest BCUT2D eigenvalue weighted by Gasteiger charge is 2.90. The number of nitrogens with one attached hydrogen (secondary N) is 2. The van der Waals surface area contributed by atoms with Crippen LogP contribution in [0.4, 0.5) is 105 Å². The average Bonchev–Trinajstić information content (AvgIpc) is 2.92. The van der Waals surface area contributed by atoms with Gasteiger partial charge in [0.05, 0.1) is 0 Å². The molecule has 286 valence electrons. The van der Waals surface area contributed by atoms with E-state index in [4.69, 9.17) is 0 Å². The summed E-state index contributed by atoms with van der Waals surface area (Å²) in [6, 6.07) is 0. The number of carbonyl (C=O) groups excluding carboxylic acids is 2. The van der Waals surface area contributed by atoms with Crippen molar-refractivity contribution in [1.82, 2.24) is 10.6 Å². The van der Waals surface area contributed by atoms with Gasteiger partial charge in [-0.05, 0) is 12.8 Å². The lowest BCUT2D eigenvalue weighted by molar-refractivity contribution is -0.407. The van der Waals surface area contributed by atoms with Gasteiger partial charge in [-0.25, -0.2) is 17.6 Å². The monoisotopic (exact) mass is 772 g/mol. The molecule has 0 spiro atoms. The molecule has 0 atom stereocenters. The second-order valence-electron chi connectivity index (χ2n) is 9.37. The van der Waals surface area contributed by atoms with Crippen molar-refractivity contribution in [2.24, 2.45) is 0 Å². The number of hydrogen-bond acceptors (Lipinski definition) is 2. The summed E-state index contributed by atoms with van der Waals surface area (Å²) in [6.07, 6.45) is -14.3. The quantitative estimate of drug-likeness (QED) is 0.105.